The Kier molecular flexibility index (Phi) is 5.73. The number of morpholine rings is 1. The van der Waals surface area contributed by atoms with E-state index >= 15 is 0 Å². The van der Waals surface area contributed by atoms with E-state index in [0.29, 0.717) is 62.7 Å². The van der Waals surface area contributed by atoms with Crippen LogP contribution in [0.4, 0.5) is 5.69 Å². The monoisotopic (exact) mass is 437 g/mol. The summed E-state index contributed by atoms with van der Waals surface area (Å²) in [6.07, 6.45) is 0.618. The van der Waals surface area contributed by atoms with Crippen LogP contribution < -0.4 is 10.1 Å². The molecule has 0 radical (unpaired) electrons. The molecule has 4 rings (SSSR count). The Morgan fingerprint density at radius 3 is 2.67 bits per heavy atom. The summed E-state index contributed by atoms with van der Waals surface area (Å²) in [6.45, 7) is 5.98. The second kappa shape index (κ2) is 8.16. The molecule has 0 saturated carbocycles. The van der Waals surface area contributed by atoms with Crippen molar-refractivity contribution in [2.24, 2.45) is 5.92 Å². The van der Waals surface area contributed by atoms with Crippen LogP contribution in [0.25, 0.3) is 0 Å². The highest BCUT2D eigenvalue weighted by atomic mass is 32.2. The Morgan fingerprint density at radius 2 is 1.93 bits per heavy atom. The van der Waals surface area contributed by atoms with Crippen LogP contribution in [0, 0.1) is 12.8 Å². The van der Waals surface area contributed by atoms with Crippen LogP contribution in [0.3, 0.4) is 0 Å². The van der Waals surface area contributed by atoms with Gasteiger partial charge in [0.1, 0.15) is 5.75 Å². The SMILES string of the molecule is Cc1cc2c(cc1S(=O)(=O)N1CCC[C@H](C(=O)N3CCOCC3)C1)O[C@@H](C)C(=O)N2. The summed E-state index contributed by atoms with van der Waals surface area (Å²) in [5, 5.41) is 2.73. The minimum atomic E-state index is -3.81. The molecule has 3 aliphatic heterocycles. The van der Waals surface area contributed by atoms with E-state index in [1.807, 2.05) is 0 Å². The molecule has 3 heterocycles. The highest BCUT2D eigenvalue weighted by Gasteiger charge is 2.37. The molecule has 1 N–H and O–H groups in total. The highest BCUT2D eigenvalue weighted by Crippen LogP contribution is 2.36. The number of nitrogens with one attached hydrogen (secondary N) is 1. The van der Waals surface area contributed by atoms with Crippen molar-refractivity contribution in [1.29, 1.82) is 0 Å². The van der Waals surface area contributed by atoms with Gasteiger partial charge in [0, 0.05) is 32.2 Å². The predicted molar refractivity (Wildman–Crippen MR) is 109 cm³/mol. The second-order valence-corrected chi connectivity index (χ2v) is 9.91. The molecular formula is C20H27N3O6S. The molecule has 1 aromatic rings. The Balaban J connectivity index is 1.56. The standard InChI is InChI=1S/C20H27N3O6S/c1-13-10-16-17(29-14(2)19(24)21-16)11-18(13)30(26,27)23-5-3-4-15(12-23)20(25)22-6-8-28-9-7-22/h10-11,14-15H,3-9,12H2,1-2H3,(H,21,24)/t14-,15-/m0/s1. The molecule has 0 unspecified atom stereocenters. The summed E-state index contributed by atoms with van der Waals surface area (Å²) in [7, 11) is -3.81. The van der Waals surface area contributed by atoms with E-state index in [4.69, 9.17) is 9.47 Å². The molecule has 2 saturated heterocycles. The van der Waals surface area contributed by atoms with Gasteiger partial charge in [-0.15, -0.1) is 0 Å². The van der Waals surface area contributed by atoms with Crippen LogP contribution in [0.15, 0.2) is 17.0 Å². The number of amides is 2. The predicted octanol–water partition coefficient (Wildman–Crippen LogP) is 0.974. The first-order chi connectivity index (χ1) is 14.3. The van der Waals surface area contributed by atoms with Crippen LogP contribution in [0.1, 0.15) is 25.3 Å². The van der Waals surface area contributed by atoms with Crippen LogP contribution >= 0.6 is 0 Å². The Bertz CT molecular complexity index is 958. The number of fused-ring (bicyclic) bond motifs is 1. The zero-order chi connectivity index (χ0) is 21.5. The normalized spacial score (nSPS) is 25.3. The van der Waals surface area contributed by atoms with E-state index in [2.05, 4.69) is 5.32 Å². The molecule has 9 nitrogen and oxygen atoms in total. The third-order valence-electron chi connectivity index (χ3n) is 5.88. The second-order valence-electron chi connectivity index (χ2n) is 8.00. The van der Waals surface area contributed by atoms with E-state index in [0.717, 1.165) is 0 Å². The maximum absolute atomic E-state index is 13.4. The summed E-state index contributed by atoms with van der Waals surface area (Å²) in [4.78, 5) is 26.6. The summed E-state index contributed by atoms with van der Waals surface area (Å²) < 4.78 is 39.1. The molecule has 1 aromatic carbocycles. The smallest absolute Gasteiger partial charge is 0.265 e. The molecule has 0 spiro atoms. The largest absolute Gasteiger partial charge is 0.479 e. The quantitative estimate of drug-likeness (QED) is 0.756. The molecule has 0 bridgehead atoms. The van der Waals surface area contributed by atoms with Gasteiger partial charge in [-0.05, 0) is 38.3 Å². The van der Waals surface area contributed by atoms with Crippen molar-refractivity contribution in [1.82, 2.24) is 9.21 Å². The summed E-state index contributed by atoms with van der Waals surface area (Å²) in [5.74, 6) is -0.275. The number of rotatable bonds is 3. The number of ether oxygens (including phenoxy) is 2. The molecule has 0 aliphatic carbocycles. The number of anilines is 1. The van der Waals surface area contributed by atoms with Crippen LogP contribution in [0.2, 0.25) is 0 Å². The van der Waals surface area contributed by atoms with E-state index in [9.17, 15) is 18.0 Å². The molecular weight excluding hydrogens is 410 g/mol. The minimum Gasteiger partial charge on any atom is -0.479 e. The summed E-state index contributed by atoms with van der Waals surface area (Å²) >= 11 is 0. The van der Waals surface area contributed by atoms with E-state index in [1.165, 1.54) is 10.4 Å². The lowest BCUT2D eigenvalue weighted by molar-refractivity contribution is -0.140. The number of nitrogens with zero attached hydrogens (tertiary/aromatic N) is 2. The van der Waals surface area contributed by atoms with Crippen molar-refractivity contribution < 1.29 is 27.5 Å². The van der Waals surface area contributed by atoms with E-state index in [1.54, 1.807) is 24.8 Å². The summed E-state index contributed by atoms with van der Waals surface area (Å²) in [6, 6.07) is 3.09. The Morgan fingerprint density at radius 1 is 1.20 bits per heavy atom. The first kappa shape index (κ1) is 21.1. The first-order valence-corrected chi connectivity index (χ1v) is 11.7. The minimum absolute atomic E-state index is 0.000216. The fraction of sp³-hybridized carbons (Fsp3) is 0.600. The van der Waals surface area contributed by atoms with Crippen molar-refractivity contribution in [2.75, 3.05) is 44.7 Å². The van der Waals surface area contributed by atoms with Gasteiger partial charge in [-0.25, -0.2) is 8.42 Å². The lowest BCUT2D eigenvalue weighted by Gasteiger charge is -2.36. The molecule has 0 aromatic heterocycles. The third-order valence-corrected chi connectivity index (χ3v) is 7.89. The fourth-order valence-corrected chi connectivity index (χ4v) is 5.91. The molecule has 2 fully saturated rings. The number of sulfonamides is 1. The van der Waals surface area contributed by atoms with E-state index in [-0.39, 0.29) is 29.2 Å². The van der Waals surface area contributed by atoms with Gasteiger partial charge in [0.25, 0.3) is 5.91 Å². The van der Waals surface area contributed by atoms with Crippen LogP contribution in [0.5, 0.6) is 5.75 Å². The van der Waals surface area contributed by atoms with Crippen LogP contribution in [-0.4, -0.2) is 74.9 Å². The molecule has 30 heavy (non-hydrogen) atoms. The van der Waals surface area contributed by atoms with Gasteiger partial charge in [0.15, 0.2) is 6.10 Å². The maximum atomic E-state index is 13.4. The van der Waals surface area contributed by atoms with Gasteiger partial charge in [0.2, 0.25) is 15.9 Å². The van der Waals surface area contributed by atoms with Gasteiger partial charge in [-0.1, -0.05) is 0 Å². The van der Waals surface area contributed by atoms with Crippen molar-refractivity contribution in [2.45, 2.75) is 37.7 Å². The lowest BCUT2D eigenvalue weighted by Crippen LogP contribution is -2.49. The van der Waals surface area contributed by atoms with Crippen molar-refractivity contribution in [3.05, 3.63) is 17.7 Å². The fourth-order valence-electron chi connectivity index (χ4n) is 4.16. The molecule has 10 heteroatoms. The molecule has 2 atom stereocenters. The topological polar surface area (TPSA) is 105 Å². The van der Waals surface area contributed by atoms with Crippen molar-refractivity contribution >= 4 is 27.5 Å². The number of hydrogen-bond acceptors (Lipinski definition) is 6. The first-order valence-electron chi connectivity index (χ1n) is 10.3. The van der Waals surface area contributed by atoms with Gasteiger partial charge in [0.05, 0.1) is 29.7 Å². The average Bonchev–Trinajstić information content (AvgIpc) is 2.74. The summed E-state index contributed by atoms with van der Waals surface area (Å²) in [5.41, 5.74) is 0.988. The van der Waals surface area contributed by atoms with Crippen molar-refractivity contribution in [3.63, 3.8) is 0 Å². The number of aryl methyl sites for hydroxylation is 1. The van der Waals surface area contributed by atoms with E-state index < -0.39 is 16.1 Å². The van der Waals surface area contributed by atoms with Gasteiger partial charge in [-0.2, -0.15) is 4.31 Å². The highest BCUT2D eigenvalue weighted by molar-refractivity contribution is 7.89. The number of hydrogen-bond donors (Lipinski definition) is 1. The maximum Gasteiger partial charge on any atom is 0.265 e. The number of carbonyl (C=O) groups excluding carboxylic acids is 2. The molecule has 3 aliphatic rings. The van der Waals surface area contributed by atoms with Crippen molar-refractivity contribution in [3.8, 4) is 5.75 Å². The Hall–Kier alpha value is -2.17. The Labute approximate surface area is 176 Å². The number of benzene rings is 1. The van der Waals surface area contributed by atoms with Gasteiger partial charge < -0.3 is 19.7 Å². The zero-order valence-corrected chi connectivity index (χ0v) is 18.0. The molecule has 2 amide bonds. The lowest BCUT2D eigenvalue weighted by atomic mass is 9.98. The van der Waals surface area contributed by atoms with Gasteiger partial charge >= 0.3 is 0 Å². The van der Waals surface area contributed by atoms with Crippen LogP contribution in [-0.2, 0) is 24.3 Å². The average molecular weight is 438 g/mol. The molecule has 164 valence electrons. The van der Waals surface area contributed by atoms with Gasteiger partial charge in [-0.3, -0.25) is 9.59 Å². The number of carbonyl (C=O) groups is 2. The zero-order valence-electron chi connectivity index (χ0n) is 17.2. The third kappa shape index (κ3) is 3.91. The number of piperidine rings is 1.